The van der Waals surface area contributed by atoms with E-state index in [2.05, 4.69) is 20.3 Å². The Bertz CT molecular complexity index is 288. The highest BCUT2D eigenvalue weighted by Crippen LogP contribution is 2.09. The van der Waals surface area contributed by atoms with Crippen molar-refractivity contribution in [3.63, 3.8) is 0 Å². The molecule has 1 fully saturated rings. The van der Waals surface area contributed by atoms with Gasteiger partial charge in [-0.15, -0.1) is 0 Å². The molecule has 18 heavy (non-hydrogen) atoms. The van der Waals surface area contributed by atoms with Gasteiger partial charge in [0, 0.05) is 18.6 Å². The van der Waals surface area contributed by atoms with Crippen LogP contribution in [-0.2, 0) is 9.53 Å². The predicted molar refractivity (Wildman–Crippen MR) is 68.3 cm³/mol. The van der Waals surface area contributed by atoms with Gasteiger partial charge in [0.2, 0.25) is 5.91 Å². The van der Waals surface area contributed by atoms with Crippen molar-refractivity contribution in [1.82, 2.24) is 15.5 Å². The molecule has 0 aliphatic carbocycles. The zero-order valence-electron chi connectivity index (χ0n) is 11.4. The smallest absolute Gasteiger partial charge is 0.413 e. The molecule has 1 heterocycles. The van der Waals surface area contributed by atoms with Gasteiger partial charge in [-0.1, -0.05) is 0 Å². The van der Waals surface area contributed by atoms with E-state index in [1.807, 2.05) is 13.8 Å². The fourth-order valence-electron chi connectivity index (χ4n) is 2.04. The third-order valence-electron chi connectivity index (χ3n) is 3.12. The predicted octanol–water partition coefficient (Wildman–Crippen LogP) is 0.331. The molecule has 2 amide bonds. The van der Waals surface area contributed by atoms with E-state index in [0.717, 1.165) is 19.5 Å². The number of hydrogen-bond donors (Lipinski definition) is 2. The van der Waals surface area contributed by atoms with E-state index < -0.39 is 6.09 Å². The third-order valence-corrected chi connectivity index (χ3v) is 3.12. The summed E-state index contributed by atoms with van der Waals surface area (Å²) in [5, 5.41) is 5.58. The molecule has 0 bridgehead atoms. The number of alkyl carbamates (subject to hydrolysis) is 1. The van der Waals surface area contributed by atoms with Gasteiger partial charge in [0.15, 0.2) is 0 Å². The number of rotatable bonds is 5. The highest BCUT2D eigenvalue weighted by Gasteiger charge is 2.22. The van der Waals surface area contributed by atoms with Crippen LogP contribution in [0, 0.1) is 0 Å². The number of methoxy groups -OCH3 is 1. The maximum atomic E-state index is 11.6. The number of carbonyl (C=O) groups is 2. The van der Waals surface area contributed by atoms with E-state index in [-0.39, 0.29) is 18.5 Å². The van der Waals surface area contributed by atoms with Gasteiger partial charge >= 0.3 is 6.09 Å². The van der Waals surface area contributed by atoms with Crippen molar-refractivity contribution in [1.29, 1.82) is 0 Å². The summed E-state index contributed by atoms with van der Waals surface area (Å²) >= 11 is 0. The molecule has 2 N–H and O–H groups in total. The largest absolute Gasteiger partial charge is 0.453 e. The van der Waals surface area contributed by atoms with E-state index in [9.17, 15) is 9.59 Å². The first kappa shape index (κ1) is 14.9. The van der Waals surface area contributed by atoms with Gasteiger partial charge in [0.1, 0.15) is 0 Å². The molecule has 1 unspecified atom stereocenters. The summed E-state index contributed by atoms with van der Waals surface area (Å²) in [6, 6.07) is 0.703. The fourth-order valence-corrected chi connectivity index (χ4v) is 2.04. The number of ether oxygens (including phenoxy) is 1. The Morgan fingerprint density at radius 3 is 2.72 bits per heavy atom. The highest BCUT2D eigenvalue weighted by molar-refractivity contribution is 5.92. The number of nitrogens with zero attached hydrogens (tertiary/aromatic N) is 1. The molecule has 1 rings (SSSR count). The summed E-state index contributed by atoms with van der Waals surface area (Å²) in [6.07, 6.45) is 1.62. The minimum atomic E-state index is -0.706. The Hall–Kier alpha value is -1.14. The summed E-state index contributed by atoms with van der Waals surface area (Å²) in [4.78, 5) is 24.6. The first-order valence-electron chi connectivity index (χ1n) is 6.38. The van der Waals surface area contributed by atoms with Gasteiger partial charge in [-0.05, 0) is 33.2 Å². The lowest BCUT2D eigenvalue weighted by atomic mass is 10.2. The number of hydrogen-bond acceptors (Lipinski definition) is 5. The molecule has 1 aliphatic rings. The average Bonchev–Trinajstić information content (AvgIpc) is 2.80. The second kappa shape index (κ2) is 7.33. The number of amides is 2. The van der Waals surface area contributed by atoms with Crippen molar-refractivity contribution in [3.8, 4) is 0 Å². The summed E-state index contributed by atoms with van der Waals surface area (Å²) in [5.41, 5.74) is 0. The van der Waals surface area contributed by atoms with Crippen LogP contribution in [0.15, 0.2) is 0 Å². The molecule has 6 nitrogen and oxygen atoms in total. The summed E-state index contributed by atoms with van der Waals surface area (Å²) in [7, 11) is 1.24. The van der Waals surface area contributed by atoms with Crippen molar-refractivity contribution in [2.45, 2.75) is 38.8 Å². The lowest BCUT2D eigenvalue weighted by Crippen LogP contribution is -2.47. The summed E-state index contributed by atoms with van der Waals surface area (Å²) in [5.74, 6) is -0.325. The second-order valence-corrected chi connectivity index (χ2v) is 4.86. The molecule has 1 aliphatic heterocycles. The first-order chi connectivity index (χ1) is 8.52. The zero-order chi connectivity index (χ0) is 13.5. The third kappa shape index (κ3) is 5.01. The molecular formula is C12H23N3O3. The number of nitrogens with one attached hydrogen (secondary N) is 2. The monoisotopic (exact) mass is 257 g/mol. The molecular weight excluding hydrogens is 234 g/mol. The minimum Gasteiger partial charge on any atom is -0.453 e. The van der Waals surface area contributed by atoms with Crippen LogP contribution in [-0.4, -0.2) is 55.7 Å². The molecule has 0 spiro atoms. The maximum absolute atomic E-state index is 11.6. The van der Waals surface area contributed by atoms with Crippen LogP contribution in [0.1, 0.15) is 26.7 Å². The van der Waals surface area contributed by atoms with Gasteiger partial charge in [-0.3, -0.25) is 15.0 Å². The van der Waals surface area contributed by atoms with E-state index in [1.165, 1.54) is 13.5 Å². The Balaban J connectivity index is 2.41. The molecule has 1 saturated heterocycles. The molecule has 104 valence electrons. The normalized spacial score (nSPS) is 19.3. The van der Waals surface area contributed by atoms with E-state index in [1.54, 1.807) is 0 Å². The topological polar surface area (TPSA) is 70.7 Å². The van der Waals surface area contributed by atoms with Crippen LogP contribution in [0.5, 0.6) is 0 Å². The van der Waals surface area contributed by atoms with E-state index in [4.69, 9.17) is 0 Å². The van der Waals surface area contributed by atoms with Crippen LogP contribution in [0.2, 0.25) is 0 Å². The number of imide groups is 1. The van der Waals surface area contributed by atoms with Gasteiger partial charge in [0.25, 0.3) is 0 Å². The SMILES string of the molecule is COC(=O)NC(=O)CN(CC1CCCN1)C(C)C. The van der Waals surface area contributed by atoms with Crippen molar-refractivity contribution < 1.29 is 14.3 Å². The van der Waals surface area contributed by atoms with E-state index >= 15 is 0 Å². The highest BCUT2D eigenvalue weighted by atomic mass is 16.5. The Kier molecular flexibility index (Phi) is 6.07. The van der Waals surface area contributed by atoms with Crippen LogP contribution < -0.4 is 10.6 Å². The van der Waals surface area contributed by atoms with E-state index in [0.29, 0.717) is 6.04 Å². The number of carbonyl (C=O) groups excluding carboxylic acids is 2. The van der Waals surface area contributed by atoms with Gasteiger partial charge in [-0.25, -0.2) is 4.79 Å². The Morgan fingerprint density at radius 1 is 1.50 bits per heavy atom. The average molecular weight is 257 g/mol. The Morgan fingerprint density at radius 2 is 2.22 bits per heavy atom. The fraction of sp³-hybridized carbons (Fsp3) is 0.833. The van der Waals surface area contributed by atoms with Crippen LogP contribution >= 0.6 is 0 Å². The van der Waals surface area contributed by atoms with Gasteiger partial charge in [0.05, 0.1) is 13.7 Å². The minimum absolute atomic E-state index is 0.213. The lowest BCUT2D eigenvalue weighted by Gasteiger charge is -2.28. The van der Waals surface area contributed by atoms with Crippen LogP contribution in [0.25, 0.3) is 0 Å². The molecule has 0 aromatic rings. The molecule has 0 aromatic carbocycles. The Labute approximate surface area is 108 Å². The second-order valence-electron chi connectivity index (χ2n) is 4.86. The van der Waals surface area contributed by atoms with Crippen molar-refractivity contribution in [2.75, 3.05) is 26.7 Å². The molecule has 0 aromatic heterocycles. The van der Waals surface area contributed by atoms with Crippen LogP contribution in [0.3, 0.4) is 0 Å². The zero-order valence-corrected chi connectivity index (χ0v) is 11.4. The quantitative estimate of drug-likeness (QED) is 0.743. The van der Waals surface area contributed by atoms with Crippen molar-refractivity contribution in [3.05, 3.63) is 0 Å². The first-order valence-corrected chi connectivity index (χ1v) is 6.38. The van der Waals surface area contributed by atoms with Crippen LogP contribution in [0.4, 0.5) is 4.79 Å². The lowest BCUT2D eigenvalue weighted by molar-refractivity contribution is -0.122. The molecule has 0 radical (unpaired) electrons. The van der Waals surface area contributed by atoms with Crippen molar-refractivity contribution >= 4 is 12.0 Å². The maximum Gasteiger partial charge on any atom is 0.413 e. The van der Waals surface area contributed by atoms with Gasteiger partial charge < -0.3 is 10.1 Å². The summed E-state index contributed by atoms with van der Waals surface area (Å²) < 4.78 is 4.39. The van der Waals surface area contributed by atoms with Crippen molar-refractivity contribution in [2.24, 2.45) is 0 Å². The van der Waals surface area contributed by atoms with Gasteiger partial charge in [-0.2, -0.15) is 0 Å². The summed E-state index contributed by atoms with van der Waals surface area (Å²) in [6.45, 7) is 6.17. The standard InChI is InChI=1S/C12H23N3O3/c1-9(2)15(7-10-5-4-6-13-10)8-11(16)14-12(17)18-3/h9-10,13H,4-8H2,1-3H3,(H,14,16,17). The molecule has 1 atom stereocenters. The molecule has 6 heteroatoms. The molecule has 0 saturated carbocycles.